The maximum absolute atomic E-state index is 13.7. The van der Waals surface area contributed by atoms with E-state index in [9.17, 15) is 13.2 Å². The smallest absolute Gasteiger partial charge is 0.260 e. The molecular formula is C27H36N4O4S2. The number of piperidine rings is 1. The van der Waals surface area contributed by atoms with Crippen LogP contribution in [0.5, 0.6) is 5.75 Å². The molecule has 1 saturated heterocycles. The van der Waals surface area contributed by atoms with Crippen LogP contribution in [0.1, 0.15) is 42.1 Å². The number of hydrogen-bond donors (Lipinski definition) is 0. The first-order valence-corrected chi connectivity index (χ1v) is 14.9. The third-order valence-electron chi connectivity index (χ3n) is 6.73. The number of carbonyl (C=O) groups excluding carboxylic acids is 1. The summed E-state index contributed by atoms with van der Waals surface area (Å²) in [5.41, 5.74) is 2.24. The van der Waals surface area contributed by atoms with Crippen molar-refractivity contribution in [1.29, 1.82) is 0 Å². The Morgan fingerprint density at radius 1 is 1.16 bits per heavy atom. The molecule has 1 unspecified atom stereocenters. The second-order valence-electron chi connectivity index (χ2n) is 10.0. The van der Waals surface area contributed by atoms with Gasteiger partial charge in [0.05, 0.1) is 16.7 Å². The lowest BCUT2D eigenvalue weighted by Gasteiger charge is -2.30. The van der Waals surface area contributed by atoms with Gasteiger partial charge in [0.1, 0.15) is 11.3 Å². The Kier molecular flexibility index (Phi) is 8.52. The number of anilines is 1. The number of thiazole rings is 1. The molecule has 1 aliphatic rings. The molecule has 1 fully saturated rings. The van der Waals surface area contributed by atoms with E-state index in [4.69, 9.17) is 9.72 Å². The van der Waals surface area contributed by atoms with Crippen LogP contribution in [0.4, 0.5) is 5.13 Å². The number of nitrogens with zero attached hydrogens (tertiary/aromatic N) is 4. The van der Waals surface area contributed by atoms with Crippen molar-refractivity contribution in [3.8, 4) is 5.75 Å². The molecule has 1 amide bonds. The highest BCUT2D eigenvalue weighted by molar-refractivity contribution is 7.89. The van der Waals surface area contributed by atoms with Crippen LogP contribution in [0, 0.1) is 12.8 Å². The van der Waals surface area contributed by atoms with E-state index in [0.717, 1.165) is 41.6 Å². The SMILES string of the molecule is COc1ccc(C)c2sc(N(CCCN(C)C)C(=O)c3ccc(S(=O)(=O)N4CCCC(C)C4)cc3)nc12. The number of amides is 1. The molecule has 2 heterocycles. The van der Waals surface area contributed by atoms with Crippen LogP contribution in [0.25, 0.3) is 10.2 Å². The van der Waals surface area contributed by atoms with Crippen molar-refractivity contribution in [3.63, 3.8) is 0 Å². The number of aryl methyl sites for hydroxylation is 1. The molecule has 200 valence electrons. The maximum atomic E-state index is 13.7. The summed E-state index contributed by atoms with van der Waals surface area (Å²) >= 11 is 1.47. The van der Waals surface area contributed by atoms with Crippen LogP contribution in [0.3, 0.4) is 0 Å². The quantitative estimate of drug-likeness (QED) is 0.391. The van der Waals surface area contributed by atoms with Crippen LogP contribution in [0.15, 0.2) is 41.3 Å². The Labute approximate surface area is 223 Å². The normalized spacial score (nSPS) is 16.9. The molecule has 1 aromatic heterocycles. The number of ether oxygens (including phenoxy) is 1. The van der Waals surface area contributed by atoms with Gasteiger partial charge < -0.3 is 9.64 Å². The average molecular weight is 545 g/mol. The molecule has 0 bridgehead atoms. The Morgan fingerprint density at radius 3 is 2.54 bits per heavy atom. The first-order valence-electron chi connectivity index (χ1n) is 12.6. The van der Waals surface area contributed by atoms with Gasteiger partial charge in [-0.3, -0.25) is 9.69 Å². The number of fused-ring (bicyclic) bond motifs is 1. The Morgan fingerprint density at radius 2 is 1.89 bits per heavy atom. The van der Waals surface area contributed by atoms with Gasteiger partial charge in [0.2, 0.25) is 10.0 Å². The first kappa shape index (κ1) is 27.5. The van der Waals surface area contributed by atoms with Gasteiger partial charge in [-0.1, -0.05) is 24.3 Å². The fraction of sp³-hybridized carbons (Fsp3) is 0.481. The lowest BCUT2D eigenvalue weighted by Crippen LogP contribution is -2.39. The van der Waals surface area contributed by atoms with Crippen LogP contribution >= 0.6 is 11.3 Å². The van der Waals surface area contributed by atoms with Gasteiger partial charge in [-0.05, 0) is 88.6 Å². The average Bonchev–Trinajstić information content (AvgIpc) is 3.32. The van der Waals surface area contributed by atoms with Crippen molar-refractivity contribution >= 4 is 42.6 Å². The Bertz CT molecular complexity index is 1350. The summed E-state index contributed by atoms with van der Waals surface area (Å²) in [5.74, 6) is 0.812. The topological polar surface area (TPSA) is 83.0 Å². The second kappa shape index (κ2) is 11.5. The molecule has 2 aromatic carbocycles. The molecule has 0 N–H and O–H groups in total. The van der Waals surface area contributed by atoms with E-state index in [-0.39, 0.29) is 10.8 Å². The fourth-order valence-electron chi connectivity index (χ4n) is 4.65. The van der Waals surface area contributed by atoms with Crippen LogP contribution in [-0.4, -0.2) is 75.9 Å². The molecule has 0 saturated carbocycles. The van der Waals surface area contributed by atoms with E-state index in [0.29, 0.717) is 42.0 Å². The van der Waals surface area contributed by atoms with Crippen LogP contribution < -0.4 is 9.64 Å². The number of carbonyl (C=O) groups is 1. The Hall–Kier alpha value is -2.53. The van der Waals surface area contributed by atoms with E-state index in [1.165, 1.54) is 11.3 Å². The number of hydrogen-bond acceptors (Lipinski definition) is 7. The zero-order valence-electron chi connectivity index (χ0n) is 22.2. The van der Waals surface area contributed by atoms with Gasteiger partial charge >= 0.3 is 0 Å². The number of methoxy groups -OCH3 is 1. The predicted molar refractivity (Wildman–Crippen MR) is 149 cm³/mol. The number of rotatable bonds is 9. The lowest BCUT2D eigenvalue weighted by atomic mass is 10.0. The van der Waals surface area contributed by atoms with Gasteiger partial charge in [-0.25, -0.2) is 13.4 Å². The fourth-order valence-corrected chi connectivity index (χ4v) is 7.32. The first-order chi connectivity index (χ1) is 17.6. The van der Waals surface area contributed by atoms with E-state index in [1.54, 1.807) is 40.6 Å². The van der Waals surface area contributed by atoms with Gasteiger partial charge in [-0.2, -0.15) is 4.31 Å². The maximum Gasteiger partial charge on any atom is 0.260 e. The number of aromatic nitrogens is 1. The van der Waals surface area contributed by atoms with Crippen molar-refractivity contribution in [2.45, 2.75) is 38.0 Å². The van der Waals surface area contributed by atoms with E-state index in [1.807, 2.05) is 33.2 Å². The molecule has 8 nitrogen and oxygen atoms in total. The highest BCUT2D eigenvalue weighted by atomic mass is 32.2. The zero-order chi connectivity index (χ0) is 26.7. The van der Waals surface area contributed by atoms with E-state index < -0.39 is 10.0 Å². The summed E-state index contributed by atoms with van der Waals surface area (Å²) in [6.45, 7) is 6.47. The van der Waals surface area contributed by atoms with Gasteiger partial charge in [-0.15, -0.1) is 0 Å². The van der Waals surface area contributed by atoms with Gasteiger partial charge in [0.25, 0.3) is 5.91 Å². The summed E-state index contributed by atoms with van der Waals surface area (Å²) in [6.07, 6.45) is 2.68. The highest BCUT2D eigenvalue weighted by Crippen LogP contribution is 2.37. The summed E-state index contributed by atoms with van der Waals surface area (Å²) in [6, 6.07) is 10.2. The monoisotopic (exact) mass is 544 g/mol. The molecule has 10 heteroatoms. The molecule has 3 aromatic rings. The van der Waals surface area contributed by atoms with Crippen molar-refractivity contribution < 1.29 is 17.9 Å². The van der Waals surface area contributed by atoms with Gasteiger partial charge in [0.15, 0.2) is 5.13 Å². The standard InChI is InChI=1S/C27H36N4O4S2/c1-19-8-6-16-30(18-19)37(33,34)22-12-10-21(11-13-22)26(32)31(17-7-15-29(3)4)27-28-24-23(35-5)14-9-20(2)25(24)36-27/h9-14,19H,6-8,15-18H2,1-5H3. The highest BCUT2D eigenvalue weighted by Gasteiger charge is 2.29. The van der Waals surface area contributed by atoms with Crippen molar-refractivity contribution in [2.75, 3.05) is 52.3 Å². The summed E-state index contributed by atoms with van der Waals surface area (Å²) in [7, 11) is 2.03. The summed E-state index contributed by atoms with van der Waals surface area (Å²) in [4.78, 5) is 22.5. The third-order valence-corrected chi connectivity index (χ3v) is 9.83. The summed E-state index contributed by atoms with van der Waals surface area (Å²) in [5, 5.41) is 0.602. The van der Waals surface area contributed by atoms with Crippen molar-refractivity contribution in [3.05, 3.63) is 47.5 Å². The van der Waals surface area contributed by atoms with Crippen LogP contribution in [0.2, 0.25) is 0 Å². The zero-order valence-corrected chi connectivity index (χ0v) is 23.9. The molecular weight excluding hydrogens is 508 g/mol. The second-order valence-corrected chi connectivity index (χ2v) is 12.9. The van der Waals surface area contributed by atoms with E-state index in [2.05, 4.69) is 11.8 Å². The van der Waals surface area contributed by atoms with Crippen molar-refractivity contribution in [2.24, 2.45) is 5.92 Å². The van der Waals surface area contributed by atoms with E-state index >= 15 is 0 Å². The molecule has 0 spiro atoms. The largest absolute Gasteiger partial charge is 0.494 e. The molecule has 4 rings (SSSR count). The molecule has 1 atom stereocenters. The minimum atomic E-state index is -3.58. The van der Waals surface area contributed by atoms with Crippen LogP contribution in [-0.2, 0) is 10.0 Å². The lowest BCUT2D eigenvalue weighted by molar-refractivity contribution is 0.0986. The number of benzene rings is 2. The molecule has 0 radical (unpaired) electrons. The predicted octanol–water partition coefficient (Wildman–Crippen LogP) is 4.63. The number of sulfonamides is 1. The third kappa shape index (κ3) is 5.98. The summed E-state index contributed by atoms with van der Waals surface area (Å²) < 4.78 is 34.4. The Balaban J connectivity index is 1.64. The molecule has 37 heavy (non-hydrogen) atoms. The molecule has 0 aliphatic carbocycles. The molecule has 1 aliphatic heterocycles. The minimum absolute atomic E-state index is 0.204. The van der Waals surface area contributed by atoms with Gasteiger partial charge in [0, 0.05) is 25.2 Å². The van der Waals surface area contributed by atoms with Crippen molar-refractivity contribution in [1.82, 2.24) is 14.2 Å². The minimum Gasteiger partial charge on any atom is -0.494 e.